The van der Waals surface area contributed by atoms with Gasteiger partial charge in [0, 0.05) is 13.2 Å². The lowest BCUT2D eigenvalue weighted by Crippen LogP contribution is -1.98. The van der Waals surface area contributed by atoms with Crippen molar-refractivity contribution < 1.29 is 4.74 Å². The van der Waals surface area contributed by atoms with Crippen LogP contribution in [0.5, 0.6) is 0 Å². The zero-order valence-corrected chi connectivity index (χ0v) is 9.98. The number of nitrogens with zero attached hydrogens (tertiary/aromatic N) is 3. The van der Waals surface area contributed by atoms with Crippen LogP contribution in [0, 0.1) is 11.3 Å². The third-order valence-electron chi connectivity index (χ3n) is 2.25. The average Bonchev–Trinajstić information content (AvgIpc) is 2.71. The molecule has 0 radical (unpaired) electrons. The standard InChI is InChI=1S/C12H10ClN3O/c1-17-8-10-6-12(13)16(15-10)11-4-2-9(7-14)3-5-11/h2-6H,8H2,1H3. The molecule has 0 fully saturated rings. The van der Waals surface area contributed by atoms with Gasteiger partial charge in [-0.2, -0.15) is 10.4 Å². The molecule has 2 aromatic rings. The Morgan fingerprint density at radius 3 is 2.71 bits per heavy atom. The zero-order valence-electron chi connectivity index (χ0n) is 9.22. The van der Waals surface area contributed by atoms with Gasteiger partial charge in [-0.3, -0.25) is 0 Å². The van der Waals surface area contributed by atoms with Crippen LogP contribution in [0.4, 0.5) is 0 Å². The lowest BCUT2D eigenvalue weighted by Gasteiger charge is -2.02. The lowest BCUT2D eigenvalue weighted by molar-refractivity contribution is 0.181. The van der Waals surface area contributed by atoms with Crippen molar-refractivity contribution in [2.24, 2.45) is 0 Å². The van der Waals surface area contributed by atoms with Crippen molar-refractivity contribution in [2.45, 2.75) is 6.61 Å². The van der Waals surface area contributed by atoms with E-state index >= 15 is 0 Å². The maximum Gasteiger partial charge on any atom is 0.133 e. The fourth-order valence-corrected chi connectivity index (χ4v) is 1.74. The molecule has 0 atom stereocenters. The number of methoxy groups -OCH3 is 1. The van der Waals surface area contributed by atoms with E-state index < -0.39 is 0 Å². The molecule has 0 spiro atoms. The first kappa shape index (κ1) is 11.6. The normalized spacial score (nSPS) is 10.2. The summed E-state index contributed by atoms with van der Waals surface area (Å²) in [7, 11) is 1.61. The molecule has 0 aliphatic rings. The first-order valence-electron chi connectivity index (χ1n) is 4.98. The maximum atomic E-state index is 8.71. The van der Waals surface area contributed by atoms with Gasteiger partial charge < -0.3 is 4.74 Å². The lowest BCUT2D eigenvalue weighted by atomic mass is 10.2. The van der Waals surface area contributed by atoms with Gasteiger partial charge in [0.2, 0.25) is 0 Å². The number of aromatic nitrogens is 2. The van der Waals surface area contributed by atoms with Crippen molar-refractivity contribution in [2.75, 3.05) is 7.11 Å². The molecule has 5 heteroatoms. The molecule has 1 aromatic carbocycles. The molecule has 1 heterocycles. The molecule has 0 bridgehead atoms. The molecule has 1 aromatic heterocycles. The summed E-state index contributed by atoms with van der Waals surface area (Å²) in [5, 5.41) is 13.5. The van der Waals surface area contributed by atoms with Crippen LogP contribution in [0.15, 0.2) is 30.3 Å². The Bertz CT molecular complexity index is 554. The Labute approximate surface area is 104 Å². The topological polar surface area (TPSA) is 50.8 Å². The summed E-state index contributed by atoms with van der Waals surface area (Å²) in [6.45, 7) is 0.420. The molecule has 86 valence electrons. The van der Waals surface area contributed by atoms with Crippen LogP contribution >= 0.6 is 11.6 Å². The largest absolute Gasteiger partial charge is 0.378 e. The van der Waals surface area contributed by atoms with E-state index in [2.05, 4.69) is 11.2 Å². The van der Waals surface area contributed by atoms with E-state index in [1.807, 2.05) is 0 Å². The number of nitriles is 1. The van der Waals surface area contributed by atoms with Crippen molar-refractivity contribution in [3.63, 3.8) is 0 Å². The summed E-state index contributed by atoms with van der Waals surface area (Å²) in [6, 6.07) is 10.9. The van der Waals surface area contributed by atoms with Gasteiger partial charge >= 0.3 is 0 Å². The molecular weight excluding hydrogens is 238 g/mol. The smallest absolute Gasteiger partial charge is 0.133 e. The van der Waals surface area contributed by atoms with Crippen LogP contribution in [0.3, 0.4) is 0 Å². The SMILES string of the molecule is COCc1cc(Cl)n(-c2ccc(C#N)cc2)n1. The van der Waals surface area contributed by atoms with Gasteiger partial charge in [0.25, 0.3) is 0 Å². The third-order valence-corrected chi connectivity index (χ3v) is 2.52. The minimum Gasteiger partial charge on any atom is -0.378 e. The Kier molecular flexibility index (Phi) is 3.43. The fraction of sp³-hybridized carbons (Fsp3) is 0.167. The Morgan fingerprint density at radius 1 is 1.41 bits per heavy atom. The van der Waals surface area contributed by atoms with Crippen LogP contribution in [-0.4, -0.2) is 16.9 Å². The highest BCUT2D eigenvalue weighted by molar-refractivity contribution is 6.29. The van der Waals surface area contributed by atoms with E-state index in [9.17, 15) is 0 Å². The van der Waals surface area contributed by atoms with Gasteiger partial charge in [-0.25, -0.2) is 4.68 Å². The highest BCUT2D eigenvalue weighted by Crippen LogP contribution is 2.18. The molecule has 2 rings (SSSR count). The summed E-state index contributed by atoms with van der Waals surface area (Å²) in [5.41, 5.74) is 2.19. The Hall–Kier alpha value is -1.83. The second kappa shape index (κ2) is 5.00. The van der Waals surface area contributed by atoms with Crippen LogP contribution in [0.2, 0.25) is 5.15 Å². The molecule has 0 unspecified atom stereocenters. The Morgan fingerprint density at radius 2 is 2.12 bits per heavy atom. The minimum atomic E-state index is 0.420. The van der Waals surface area contributed by atoms with Crippen molar-refractivity contribution in [3.8, 4) is 11.8 Å². The number of rotatable bonds is 3. The monoisotopic (exact) mass is 247 g/mol. The second-order valence-corrected chi connectivity index (χ2v) is 3.85. The maximum absolute atomic E-state index is 8.71. The molecule has 0 saturated carbocycles. The van der Waals surface area contributed by atoms with Gasteiger partial charge in [0.05, 0.1) is 29.6 Å². The molecule has 17 heavy (non-hydrogen) atoms. The van der Waals surface area contributed by atoms with E-state index in [-0.39, 0.29) is 0 Å². The Balaban J connectivity index is 2.35. The van der Waals surface area contributed by atoms with Gasteiger partial charge in [-0.1, -0.05) is 11.6 Å². The van der Waals surface area contributed by atoms with E-state index in [0.717, 1.165) is 11.4 Å². The van der Waals surface area contributed by atoms with E-state index in [4.69, 9.17) is 21.6 Å². The van der Waals surface area contributed by atoms with Gasteiger partial charge in [0.15, 0.2) is 0 Å². The predicted octanol–water partition coefficient (Wildman–Crippen LogP) is 2.54. The summed E-state index contributed by atoms with van der Waals surface area (Å²) < 4.78 is 6.60. The van der Waals surface area contributed by atoms with Crippen molar-refractivity contribution in [3.05, 3.63) is 46.7 Å². The van der Waals surface area contributed by atoms with Crippen LogP contribution < -0.4 is 0 Å². The fourth-order valence-electron chi connectivity index (χ4n) is 1.48. The third kappa shape index (κ3) is 2.47. The van der Waals surface area contributed by atoms with Gasteiger partial charge in [-0.05, 0) is 24.3 Å². The molecule has 0 aliphatic heterocycles. The van der Waals surface area contributed by atoms with E-state index in [1.54, 1.807) is 42.1 Å². The van der Waals surface area contributed by atoms with Crippen LogP contribution in [0.25, 0.3) is 5.69 Å². The van der Waals surface area contributed by atoms with Crippen molar-refractivity contribution in [1.82, 2.24) is 9.78 Å². The zero-order chi connectivity index (χ0) is 12.3. The number of ether oxygens (including phenoxy) is 1. The summed E-state index contributed by atoms with van der Waals surface area (Å²) in [4.78, 5) is 0. The van der Waals surface area contributed by atoms with Crippen LogP contribution in [0.1, 0.15) is 11.3 Å². The number of benzene rings is 1. The van der Waals surface area contributed by atoms with Gasteiger partial charge in [0.1, 0.15) is 5.15 Å². The first-order chi connectivity index (χ1) is 8.24. The summed E-state index contributed by atoms with van der Waals surface area (Å²) >= 11 is 6.07. The van der Waals surface area contributed by atoms with E-state index in [1.165, 1.54) is 0 Å². The van der Waals surface area contributed by atoms with E-state index in [0.29, 0.717) is 17.3 Å². The molecule has 0 N–H and O–H groups in total. The molecule has 4 nitrogen and oxygen atoms in total. The summed E-state index contributed by atoms with van der Waals surface area (Å²) in [5.74, 6) is 0. The first-order valence-corrected chi connectivity index (χ1v) is 5.36. The molecule has 0 saturated heterocycles. The predicted molar refractivity (Wildman–Crippen MR) is 64.0 cm³/mol. The highest BCUT2D eigenvalue weighted by atomic mass is 35.5. The van der Waals surface area contributed by atoms with Crippen molar-refractivity contribution >= 4 is 11.6 Å². The molecule has 0 amide bonds. The number of halogens is 1. The molecule has 0 aliphatic carbocycles. The molecular formula is C12H10ClN3O. The minimum absolute atomic E-state index is 0.420. The number of hydrogen-bond acceptors (Lipinski definition) is 3. The average molecular weight is 248 g/mol. The van der Waals surface area contributed by atoms with Gasteiger partial charge in [-0.15, -0.1) is 0 Å². The van der Waals surface area contributed by atoms with Crippen LogP contribution in [-0.2, 0) is 11.3 Å². The highest BCUT2D eigenvalue weighted by Gasteiger charge is 2.07. The summed E-state index contributed by atoms with van der Waals surface area (Å²) in [6.07, 6.45) is 0. The second-order valence-electron chi connectivity index (χ2n) is 3.46. The quantitative estimate of drug-likeness (QED) is 0.838. The number of hydrogen-bond donors (Lipinski definition) is 0. The van der Waals surface area contributed by atoms with Crippen molar-refractivity contribution in [1.29, 1.82) is 5.26 Å².